The van der Waals surface area contributed by atoms with Crippen molar-refractivity contribution in [1.82, 2.24) is 5.32 Å². The van der Waals surface area contributed by atoms with Crippen LogP contribution in [0.4, 0.5) is 0 Å². The van der Waals surface area contributed by atoms with Gasteiger partial charge in [0.15, 0.2) is 0 Å². The molecular weight excluding hydrogens is 422 g/mol. The van der Waals surface area contributed by atoms with Gasteiger partial charge in [0.2, 0.25) is 0 Å². The molecule has 194 valence electrons. The number of hydrogen-bond acceptors (Lipinski definition) is 3. The number of aliphatic hydroxyl groups is 1. The molecule has 0 bridgehead atoms. The predicted octanol–water partition coefficient (Wildman–Crippen LogP) is 6.58. The number of hydrogen-bond donors (Lipinski definition) is 3. The van der Waals surface area contributed by atoms with Crippen molar-refractivity contribution in [2.75, 3.05) is 6.54 Å². The topological polar surface area (TPSA) is 69.6 Å². The first-order valence-electron chi connectivity index (χ1n) is 14.3. The van der Waals surface area contributed by atoms with Gasteiger partial charge in [0, 0.05) is 12.5 Å². The molecule has 0 aromatic rings. The molecule has 0 amide bonds. The van der Waals surface area contributed by atoms with Crippen molar-refractivity contribution >= 4 is 5.97 Å². The summed E-state index contributed by atoms with van der Waals surface area (Å²) in [7, 11) is 0. The Labute approximate surface area is 208 Å². The number of carbonyl (C=O) groups is 1. The Balaban J connectivity index is 1.40. The first-order chi connectivity index (χ1) is 15.9. The van der Waals surface area contributed by atoms with Crippen molar-refractivity contribution in [2.45, 2.75) is 123 Å². The fraction of sp³-hybridized carbons (Fsp3) is 0.900. The maximum atomic E-state index is 10.8. The lowest BCUT2D eigenvalue weighted by molar-refractivity contribution is -0.137. The Morgan fingerprint density at radius 3 is 2.65 bits per heavy atom. The average Bonchev–Trinajstić information content (AvgIpc) is 3.11. The van der Waals surface area contributed by atoms with Gasteiger partial charge >= 0.3 is 5.97 Å². The third kappa shape index (κ3) is 5.14. The number of fused-ring (bicyclic) bond motifs is 5. The molecule has 4 nitrogen and oxygen atoms in total. The maximum absolute atomic E-state index is 10.8. The highest BCUT2D eigenvalue weighted by atomic mass is 16.4. The summed E-state index contributed by atoms with van der Waals surface area (Å²) in [5.74, 6) is 3.37. The van der Waals surface area contributed by atoms with Gasteiger partial charge < -0.3 is 15.5 Å². The molecule has 0 radical (unpaired) electrons. The van der Waals surface area contributed by atoms with Crippen LogP contribution in [-0.4, -0.2) is 34.4 Å². The van der Waals surface area contributed by atoms with Gasteiger partial charge in [-0.25, -0.2) is 0 Å². The molecule has 4 rings (SSSR count). The first kappa shape index (κ1) is 26.2. The summed E-state index contributed by atoms with van der Waals surface area (Å²) in [4.78, 5) is 10.8. The summed E-state index contributed by atoms with van der Waals surface area (Å²) >= 11 is 0. The lowest BCUT2D eigenvalue weighted by atomic mass is 9.47. The monoisotopic (exact) mass is 473 g/mol. The van der Waals surface area contributed by atoms with Crippen LogP contribution in [0.1, 0.15) is 112 Å². The minimum Gasteiger partial charge on any atom is -0.481 e. The van der Waals surface area contributed by atoms with E-state index in [1.807, 2.05) is 13.8 Å². The third-order valence-corrected chi connectivity index (χ3v) is 11.1. The lowest BCUT2D eigenvalue weighted by Crippen LogP contribution is -2.51. The third-order valence-electron chi connectivity index (χ3n) is 11.1. The minimum absolute atomic E-state index is 0.265. The highest BCUT2D eigenvalue weighted by Gasteiger charge is 2.59. The fourth-order valence-electron chi connectivity index (χ4n) is 9.14. The second kappa shape index (κ2) is 9.88. The smallest absolute Gasteiger partial charge is 0.303 e. The van der Waals surface area contributed by atoms with Crippen LogP contribution in [0.2, 0.25) is 0 Å². The van der Waals surface area contributed by atoms with Gasteiger partial charge in [0.1, 0.15) is 0 Å². The van der Waals surface area contributed by atoms with Gasteiger partial charge in [-0.15, -0.1) is 0 Å². The minimum atomic E-state index is -0.691. The first-order valence-corrected chi connectivity index (χ1v) is 14.3. The molecule has 4 aliphatic carbocycles. The second-order valence-corrected chi connectivity index (χ2v) is 13.7. The van der Waals surface area contributed by atoms with E-state index in [4.69, 9.17) is 5.11 Å². The van der Waals surface area contributed by atoms with Crippen molar-refractivity contribution in [3.8, 4) is 0 Å². The molecule has 34 heavy (non-hydrogen) atoms. The van der Waals surface area contributed by atoms with Crippen molar-refractivity contribution in [3.63, 3.8) is 0 Å². The number of aliphatic carboxylic acids is 1. The van der Waals surface area contributed by atoms with Crippen LogP contribution in [0.3, 0.4) is 0 Å². The van der Waals surface area contributed by atoms with E-state index < -0.39 is 11.6 Å². The Morgan fingerprint density at radius 1 is 1.18 bits per heavy atom. The molecule has 0 aromatic heterocycles. The lowest BCUT2D eigenvalue weighted by Gasteiger charge is -2.58. The summed E-state index contributed by atoms with van der Waals surface area (Å²) in [6, 6.07) is 0.519. The van der Waals surface area contributed by atoms with Crippen LogP contribution >= 0.6 is 0 Å². The average molecular weight is 474 g/mol. The van der Waals surface area contributed by atoms with Crippen LogP contribution in [0.5, 0.6) is 0 Å². The van der Waals surface area contributed by atoms with E-state index in [-0.39, 0.29) is 6.42 Å². The van der Waals surface area contributed by atoms with E-state index in [1.165, 1.54) is 44.9 Å². The number of nitrogens with one attached hydrogen (secondary N) is 1. The second-order valence-electron chi connectivity index (χ2n) is 13.7. The summed E-state index contributed by atoms with van der Waals surface area (Å²) in [6.45, 7) is 12.4. The van der Waals surface area contributed by atoms with Gasteiger partial charge in [0.25, 0.3) is 0 Å². The Kier molecular flexibility index (Phi) is 7.62. The molecule has 0 aromatic carbocycles. The van der Waals surface area contributed by atoms with Gasteiger partial charge in [-0.05, 0) is 131 Å². The summed E-state index contributed by atoms with van der Waals surface area (Å²) in [5, 5.41) is 22.8. The van der Waals surface area contributed by atoms with Crippen LogP contribution in [-0.2, 0) is 4.79 Å². The predicted molar refractivity (Wildman–Crippen MR) is 139 cm³/mol. The molecule has 0 heterocycles. The summed E-state index contributed by atoms with van der Waals surface area (Å²) in [6.07, 6.45) is 16.2. The molecule has 8 atom stereocenters. The number of carboxylic acids is 1. The quantitative estimate of drug-likeness (QED) is 0.261. The zero-order chi connectivity index (χ0) is 24.7. The zero-order valence-electron chi connectivity index (χ0n) is 22.5. The molecule has 4 aliphatic rings. The highest BCUT2D eigenvalue weighted by molar-refractivity contribution is 5.66. The van der Waals surface area contributed by atoms with Crippen LogP contribution in [0.25, 0.3) is 0 Å². The number of rotatable bonds is 9. The molecule has 3 N–H and O–H groups in total. The van der Waals surface area contributed by atoms with Crippen LogP contribution in [0.15, 0.2) is 11.6 Å². The maximum Gasteiger partial charge on any atom is 0.303 e. The molecule has 4 heteroatoms. The van der Waals surface area contributed by atoms with Crippen molar-refractivity contribution in [3.05, 3.63) is 11.6 Å². The molecule has 0 aliphatic heterocycles. The van der Waals surface area contributed by atoms with Crippen LogP contribution < -0.4 is 5.32 Å². The number of carboxylic acid groups (broad SMARTS) is 1. The highest BCUT2D eigenvalue weighted by Crippen LogP contribution is 2.67. The van der Waals surface area contributed by atoms with Gasteiger partial charge in [-0.3, -0.25) is 4.79 Å². The van der Waals surface area contributed by atoms with Gasteiger partial charge in [-0.2, -0.15) is 0 Å². The zero-order valence-corrected chi connectivity index (χ0v) is 22.5. The van der Waals surface area contributed by atoms with Gasteiger partial charge in [-0.1, -0.05) is 32.4 Å². The standard InChI is InChI=1S/C30H51NO3/c1-20(12-15-28(2,3)34)24-10-11-25-23-9-8-21-19-22(31-18-6-7-27(32)33)13-16-29(21,4)26(23)14-17-30(24,25)5/h8,20,22-26,31,34H,6-7,9-19H2,1-5H3,(H,32,33). The number of allylic oxidation sites excluding steroid dienone is 1. The van der Waals surface area contributed by atoms with E-state index in [9.17, 15) is 9.90 Å². The van der Waals surface area contributed by atoms with Gasteiger partial charge in [0.05, 0.1) is 5.60 Å². The molecule has 3 saturated carbocycles. The van der Waals surface area contributed by atoms with Crippen molar-refractivity contribution in [1.29, 1.82) is 0 Å². The van der Waals surface area contributed by atoms with Crippen LogP contribution in [0, 0.1) is 40.4 Å². The SMILES string of the molecule is CC(CCC(C)(C)O)C1CCC2C3CC=C4CC(NCCCC(=O)O)CCC4(C)C3CCC12C. The van der Waals surface area contributed by atoms with E-state index in [2.05, 4.69) is 32.2 Å². The molecule has 8 unspecified atom stereocenters. The Hall–Kier alpha value is -0.870. The normalized spacial score (nSPS) is 40.6. The van der Waals surface area contributed by atoms with E-state index >= 15 is 0 Å². The fourth-order valence-corrected chi connectivity index (χ4v) is 9.14. The summed E-state index contributed by atoms with van der Waals surface area (Å²) in [5.41, 5.74) is 2.00. The molecule has 3 fully saturated rings. The van der Waals surface area contributed by atoms with Crippen molar-refractivity contribution < 1.29 is 15.0 Å². The van der Waals surface area contributed by atoms with E-state index in [0.717, 1.165) is 55.9 Å². The summed E-state index contributed by atoms with van der Waals surface area (Å²) < 4.78 is 0. The Morgan fingerprint density at radius 2 is 1.94 bits per heavy atom. The van der Waals surface area contributed by atoms with E-state index in [0.29, 0.717) is 22.8 Å². The largest absolute Gasteiger partial charge is 0.481 e. The molecule has 0 saturated heterocycles. The van der Waals surface area contributed by atoms with E-state index in [1.54, 1.807) is 5.57 Å². The molecule has 0 spiro atoms. The molecular formula is C30H51NO3. The Bertz CT molecular complexity index is 770. The van der Waals surface area contributed by atoms with Crippen molar-refractivity contribution in [2.24, 2.45) is 40.4 Å².